The Labute approximate surface area is 168 Å². The van der Waals surface area contributed by atoms with Crippen LogP contribution in [0, 0.1) is 5.92 Å². The van der Waals surface area contributed by atoms with Crippen LogP contribution >= 0.6 is 11.8 Å². The molecule has 6 nitrogen and oxygen atoms in total. The smallest absolute Gasteiger partial charge is 0.399 e. The number of nitrogens with two attached hydrogens (primary N) is 1. The molecule has 2 aliphatic heterocycles. The number of nitrogens with zero attached hydrogens (tertiary/aromatic N) is 3. The summed E-state index contributed by atoms with van der Waals surface area (Å²) in [5.41, 5.74) is 5.88. The molecule has 2 fully saturated rings. The Hall–Kier alpha value is -0.665. The first-order chi connectivity index (χ1) is 12.8. The van der Waals surface area contributed by atoms with Gasteiger partial charge in [-0.05, 0) is 59.4 Å². The van der Waals surface area contributed by atoms with E-state index in [4.69, 9.17) is 15.0 Å². The van der Waals surface area contributed by atoms with Crippen molar-refractivity contribution in [3.63, 3.8) is 0 Å². The first-order valence-corrected chi connectivity index (χ1v) is 11.0. The lowest BCUT2D eigenvalue weighted by molar-refractivity contribution is 0.00578. The summed E-state index contributed by atoms with van der Waals surface area (Å²) >= 11 is 1.73. The van der Waals surface area contributed by atoms with E-state index in [1.165, 1.54) is 32.4 Å². The molecule has 1 aromatic heterocycles. The summed E-state index contributed by atoms with van der Waals surface area (Å²) < 4.78 is 12.1. The van der Waals surface area contributed by atoms with Gasteiger partial charge >= 0.3 is 7.12 Å². The summed E-state index contributed by atoms with van der Waals surface area (Å²) in [5, 5.41) is 0.824. The van der Waals surface area contributed by atoms with Gasteiger partial charge in [0, 0.05) is 43.2 Å². The lowest BCUT2D eigenvalue weighted by atomic mass is 9.81. The lowest BCUT2D eigenvalue weighted by Crippen LogP contribution is -2.41. The van der Waals surface area contributed by atoms with Gasteiger partial charge in [-0.1, -0.05) is 11.8 Å². The first-order valence-electron chi connectivity index (χ1n) is 10.0. The number of aromatic nitrogens is 2. The van der Waals surface area contributed by atoms with Crippen LogP contribution in [0.2, 0.25) is 0 Å². The molecule has 0 amide bonds. The Morgan fingerprint density at radius 3 is 2.52 bits per heavy atom. The highest BCUT2D eigenvalue weighted by atomic mass is 32.2. The molecule has 0 radical (unpaired) electrons. The van der Waals surface area contributed by atoms with Gasteiger partial charge in [0.25, 0.3) is 0 Å². The molecule has 3 rings (SSSR count). The van der Waals surface area contributed by atoms with Crippen LogP contribution in [0.1, 0.15) is 47.0 Å². The average molecular weight is 392 g/mol. The fourth-order valence-corrected chi connectivity index (χ4v) is 4.48. The van der Waals surface area contributed by atoms with Crippen molar-refractivity contribution >= 4 is 24.3 Å². The van der Waals surface area contributed by atoms with Crippen LogP contribution in [-0.2, 0) is 9.31 Å². The van der Waals surface area contributed by atoms with Crippen LogP contribution in [0.4, 0.5) is 0 Å². The first kappa shape index (κ1) is 21.1. The third-order valence-corrected chi connectivity index (χ3v) is 6.89. The maximum atomic E-state index is 6.06. The molecule has 1 atom stereocenters. The Kier molecular flexibility index (Phi) is 6.85. The Balaban J connectivity index is 1.46. The van der Waals surface area contributed by atoms with Crippen molar-refractivity contribution < 1.29 is 9.31 Å². The zero-order valence-corrected chi connectivity index (χ0v) is 17.9. The number of hydrogen-bond acceptors (Lipinski definition) is 7. The molecule has 0 saturated carbocycles. The molecule has 2 aliphatic rings. The van der Waals surface area contributed by atoms with Crippen molar-refractivity contribution in [2.45, 2.75) is 63.3 Å². The summed E-state index contributed by atoms with van der Waals surface area (Å²) in [7, 11) is -0.398. The van der Waals surface area contributed by atoms with Gasteiger partial charge in [0.2, 0.25) is 0 Å². The monoisotopic (exact) mass is 392 g/mol. The summed E-state index contributed by atoms with van der Waals surface area (Å²) in [6.45, 7) is 12.4. The van der Waals surface area contributed by atoms with Gasteiger partial charge in [-0.15, -0.1) is 0 Å². The molecular formula is C19H33BN4O2S. The molecule has 0 bridgehead atoms. The average Bonchev–Trinajstić information content (AvgIpc) is 2.84. The topological polar surface area (TPSA) is 73.5 Å². The van der Waals surface area contributed by atoms with E-state index >= 15 is 0 Å². The minimum absolute atomic E-state index is 0.344. The van der Waals surface area contributed by atoms with E-state index in [1.807, 2.05) is 12.4 Å². The molecule has 0 unspecified atom stereocenters. The van der Waals surface area contributed by atoms with E-state index < -0.39 is 7.12 Å². The molecule has 150 valence electrons. The third-order valence-electron chi connectivity index (χ3n) is 5.98. The highest BCUT2D eigenvalue weighted by Gasteiger charge is 2.51. The van der Waals surface area contributed by atoms with Gasteiger partial charge in [0.15, 0.2) is 5.16 Å². The second-order valence-corrected chi connectivity index (χ2v) is 9.68. The van der Waals surface area contributed by atoms with Crippen LogP contribution in [0.25, 0.3) is 0 Å². The number of rotatable bonds is 7. The quantitative estimate of drug-likeness (QED) is 0.432. The number of hydrogen-bond donors (Lipinski definition) is 1. The van der Waals surface area contributed by atoms with Gasteiger partial charge in [0.05, 0.1) is 11.2 Å². The van der Waals surface area contributed by atoms with Crippen molar-refractivity contribution in [1.82, 2.24) is 14.9 Å². The van der Waals surface area contributed by atoms with Gasteiger partial charge in [0.1, 0.15) is 0 Å². The maximum Gasteiger partial charge on any atom is 0.498 e. The van der Waals surface area contributed by atoms with Crippen molar-refractivity contribution in [2.75, 3.05) is 31.9 Å². The van der Waals surface area contributed by atoms with Crippen LogP contribution < -0.4 is 11.2 Å². The van der Waals surface area contributed by atoms with E-state index in [2.05, 4.69) is 42.6 Å². The summed E-state index contributed by atoms with van der Waals surface area (Å²) in [6.07, 6.45) is 7.48. The number of likely N-dealkylation sites (tertiary alicyclic amines) is 1. The maximum absolute atomic E-state index is 6.06. The second kappa shape index (κ2) is 8.78. The number of piperidine rings is 1. The molecule has 8 heteroatoms. The third kappa shape index (κ3) is 5.23. The molecule has 1 aromatic rings. The van der Waals surface area contributed by atoms with Crippen LogP contribution in [0.5, 0.6) is 0 Å². The Morgan fingerprint density at radius 1 is 1.22 bits per heavy atom. The van der Waals surface area contributed by atoms with Gasteiger partial charge in [-0.2, -0.15) is 0 Å². The van der Waals surface area contributed by atoms with Gasteiger partial charge < -0.3 is 19.9 Å². The van der Waals surface area contributed by atoms with Crippen molar-refractivity contribution in [2.24, 2.45) is 11.7 Å². The highest BCUT2D eigenvalue weighted by Crippen LogP contribution is 2.36. The second-order valence-electron chi connectivity index (χ2n) is 8.62. The normalized spacial score (nSPS) is 25.1. The SMILES string of the molecule is CC1(C)OB(c2cnc(SCC[C@@H]3CCCN(CCN)C3)nc2)OC1(C)C. The highest BCUT2D eigenvalue weighted by molar-refractivity contribution is 7.99. The van der Waals surface area contributed by atoms with Crippen LogP contribution in [0.15, 0.2) is 17.6 Å². The molecule has 27 heavy (non-hydrogen) atoms. The van der Waals surface area contributed by atoms with E-state index in [0.29, 0.717) is 0 Å². The predicted molar refractivity (Wildman–Crippen MR) is 111 cm³/mol. The molecule has 0 aromatic carbocycles. The zero-order valence-electron chi connectivity index (χ0n) is 17.1. The van der Waals surface area contributed by atoms with E-state index in [9.17, 15) is 0 Å². The van der Waals surface area contributed by atoms with Crippen LogP contribution in [0.3, 0.4) is 0 Å². The molecular weight excluding hydrogens is 359 g/mol. The molecule has 2 saturated heterocycles. The van der Waals surface area contributed by atoms with Crippen molar-refractivity contribution in [3.05, 3.63) is 12.4 Å². The van der Waals surface area contributed by atoms with E-state index in [1.54, 1.807) is 11.8 Å². The van der Waals surface area contributed by atoms with Crippen molar-refractivity contribution in [1.29, 1.82) is 0 Å². The fourth-order valence-electron chi connectivity index (χ4n) is 3.59. The summed E-state index contributed by atoms with van der Waals surface area (Å²) in [4.78, 5) is 11.5. The molecule has 0 spiro atoms. The Bertz CT molecular complexity index is 596. The van der Waals surface area contributed by atoms with Gasteiger partial charge in [-0.25, -0.2) is 9.97 Å². The largest absolute Gasteiger partial charge is 0.498 e. The minimum atomic E-state index is -0.398. The summed E-state index contributed by atoms with van der Waals surface area (Å²) in [5.74, 6) is 1.82. The zero-order chi connectivity index (χ0) is 19.5. The lowest BCUT2D eigenvalue weighted by Gasteiger charge is -2.32. The Morgan fingerprint density at radius 2 is 1.89 bits per heavy atom. The predicted octanol–water partition coefficient (Wildman–Crippen LogP) is 1.93. The summed E-state index contributed by atoms with van der Waals surface area (Å²) in [6, 6.07) is 0. The van der Waals surface area contributed by atoms with E-state index in [0.717, 1.165) is 35.4 Å². The van der Waals surface area contributed by atoms with E-state index in [-0.39, 0.29) is 11.2 Å². The molecule has 0 aliphatic carbocycles. The molecule has 2 N–H and O–H groups in total. The van der Waals surface area contributed by atoms with Crippen molar-refractivity contribution in [3.8, 4) is 0 Å². The number of thioether (sulfide) groups is 1. The van der Waals surface area contributed by atoms with Gasteiger partial charge in [-0.3, -0.25) is 0 Å². The molecule has 3 heterocycles. The standard InChI is InChI=1S/C19H33BN4O2S/c1-18(2)19(3,4)26-20(25-18)16-12-22-17(23-13-16)27-11-7-15-6-5-9-24(14-15)10-8-21/h12-13,15H,5-11,14,21H2,1-4H3/t15-/m0/s1. The minimum Gasteiger partial charge on any atom is -0.399 e. The fraction of sp³-hybridized carbons (Fsp3) is 0.789. The van der Waals surface area contributed by atoms with Crippen LogP contribution in [-0.4, -0.2) is 65.1 Å².